The van der Waals surface area contributed by atoms with Crippen LogP contribution < -0.4 is 16.4 Å². The average molecular weight is 377 g/mol. The molecule has 1 aromatic carbocycles. The van der Waals surface area contributed by atoms with Gasteiger partial charge in [0.2, 0.25) is 17.7 Å². The summed E-state index contributed by atoms with van der Waals surface area (Å²) in [6.45, 7) is 3.48. The summed E-state index contributed by atoms with van der Waals surface area (Å²) in [4.78, 5) is 48.4. The summed E-state index contributed by atoms with van der Waals surface area (Å²) >= 11 is 0. The van der Waals surface area contributed by atoms with Gasteiger partial charge in [-0.2, -0.15) is 0 Å². The maximum atomic E-state index is 12.6. The van der Waals surface area contributed by atoms with Gasteiger partial charge in [0.1, 0.15) is 12.1 Å². The molecule has 0 saturated carbocycles. The number of amides is 3. The van der Waals surface area contributed by atoms with Crippen LogP contribution in [0.3, 0.4) is 0 Å². The second-order valence-electron chi connectivity index (χ2n) is 6.50. The van der Waals surface area contributed by atoms with E-state index in [2.05, 4.69) is 10.6 Å². The molecule has 3 atom stereocenters. The number of hydrogen-bond donors (Lipinski definition) is 3. The van der Waals surface area contributed by atoms with E-state index >= 15 is 0 Å². The summed E-state index contributed by atoms with van der Waals surface area (Å²) in [5, 5.41) is 15.9. The average Bonchev–Trinajstić information content (AvgIpc) is 3.11. The Hall–Kier alpha value is -3.01. The first-order valence-electron chi connectivity index (χ1n) is 8.62. The molecule has 3 amide bonds. The minimum absolute atomic E-state index is 0.0793. The number of carbonyl (C=O) groups excluding carboxylic acids is 3. The number of nitrogens with one attached hydrogen (secondary N) is 2. The molecule has 1 saturated heterocycles. The normalized spacial score (nSPS) is 18.5. The van der Waals surface area contributed by atoms with Crippen molar-refractivity contribution in [3.05, 3.63) is 34.4 Å². The van der Waals surface area contributed by atoms with Crippen molar-refractivity contribution in [2.45, 2.75) is 44.8 Å². The van der Waals surface area contributed by atoms with Gasteiger partial charge in [-0.05, 0) is 38.8 Å². The number of nitro groups is 1. The predicted octanol–water partition coefficient (Wildman–Crippen LogP) is 0.376. The molecule has 27 heavy (non-hydrogen) atoms. The van der Waals surface area contributed by atoms with Crippen molar-refractivity contribution >= 4 is 29.1 Å². The van der Waals surface area contributed by atoms with Crippen LogP contribution in [0, 0.1) is 10.1 Å². The van der Waals surface area contributed by atoms with Crippen molar-refractivity contribution < 1.29 is 19.3 Å². The highest BCUT2D eigenvalue weighted by atomic mass is 16.6. The zero-order chi connectivity index (χ0) is 20.1. The Morgan fingerprint density at radius 3 is 2.44 bits per heavy atom. The Kier molecular flexibility index (Phi) is 6.45. The number of nitro benzene ring substituents is 1. The Morgan fingerprint density at radius 2 is 1.89 bits per heavy atom. The molecule has 10 nitrogen and oxygen atoms in total. The van der Waals surface area contributed by atoms with Crippen LogP contribution in [0.1, 0.15) is 26.7 Å². The highest BCUT2D eigenvalue weighted by Crippen LogP contribution is 2.21. The summed E-state index contributed by atoms with van der Waals surface area (Å²) in [6, 6.07) is 3.25. The number of carbonyl (C=O) groups is 3. The first kappa shape index (κ1) is 20.3. The van der Waals surface area contributed by atoms with E-state index in [1.54, 1.807) is 6.92 Å². The first-order valence-corrected chi connectivity index (χ1v) is 8.62. The standard InChI is InChI=1S/C17H23N5O5/c1-10(18)15(23)19-11(2)17(25)21-9-3-4-14(21)16(24)20-12-5-7-13(8-6-12)22(26)27/h5-8,10-11,14H,3-4,9,18H2,1-2H3,(H,19,23)(H,20,24)/t10?,11?,14-/m0/s1. The summed E-state index contributed by atoms with van der Waals surface area (Å²) in [5.74, 6) is -1.17. The highest BCUT2D eigenvalue weighted by molar-refractivity contribution is 5.99. The van der Waals surface area contributed by atoms with Gasteiger partial charge < -0.3 is 21.3 Å². The molecule has 146 valence electrons. The number of nitrogens with two attached hydrogens (primary N) is 1. The van der Waals surface area contributed by atoms with E-state index in [-0.39, 0.29) is 17.5 Å². The second kappa shape index (κ2) is 8.58. The molecule has 0 bridgehead atoms. The topological polar surface area (TPSA) is 148 Å². The van der Waals surface area contributed by atoms with Gasteiger partial charge in [0.15, 0.2) is 0 Å². The molecule has 1 aliphatic rings. The number of benzene rings is 1. The van der Waals surface area contributed by atoms with Crippen molar-refractivity contribution in [2.75, 3.05) is 11.9 Å². The van der Waals surface area contributed by atoms with E-state index in [1.807, 2.05) is 0 Å². The summed E-state index contributed by atoms with van der Waals surface area (Å²) < 4.78 is 0. The smallest absolute Gasteiger partial charge is 0.269 e. The Morgan fingerprint density at radius 1 is 1.26 bits per heavy atom. The van der Waals surface area contributed by atoms with E-state index in [9.17, 15) is 24.5 Å². The van der Waals surface area contributed by atoms with E-state index < -0.39 is 29.0 Å². The molecule has 4 N–H and O–H groups in total. The SMILES string of the molecule is CC(N)C(=O)NC(C)C(=O)N1CCC[C@H]1C(=O)Nc1ccc([N+](=O)[O-])cc1. The van der Waals surface area contributed by atoms with Gasteiger partial charge in [-0.1, -0.05) is 0 Å². The number of nitrogens with zero attached hydrogens (tertiary/aromatic N) is 2. The van der Waals surface area contributed by atoms with Gasteiger partial charge in [-0.15, -0.1) is 0 Å². The van der Waals surface area contributed by atoms with Crippen LogP contribution in [-0.2, 0) is 14.4 Å². The van der Waals surface area contributed by atoms with E-state index in [1.165, 1.54) is 36.1 Å². The van der Waals surface area contributed by atoms with E-state index in [0.29, 0.717) is 25.1 Å². The molecular weight excluding hydrogens is 354 g/mol. The zero-order valence-corrected chi connectivity index (χ0v) is 15.2. The summed E-state index contributed by atoms with van der Waals surface area (Å²) in [7, 11) is 0. The molecule has 10 heteroatoms. The number of non-ortho nitro benzene ring substituents is 1. The van der Waals surface area contributed by atoms with Gasteiger partial charge in [0.05, 0.1) is 11.0 Å². The summed E-state index contributed by atoms with van der Waals surface area (Å²) in [6.07, 6.45) is 1.16. The quantitative estimate of drug-likeness (QED) is 0.482. The second-order valence-corrected chi connectivity index (χ2v) is 6.50. The van der Waals surface area contributed by atoms with Crippen LogP contribution in [0.5, 0.6) is 0 Å². The third-order valence-electron chi connectivity index (χ3n) is 4.33. The molecular formula is C17H23N5O5. The van der Waals surface area contributed by atoms with Crippen molar-refractivity contribution in [3.63, 3.8) is 0 Å². The molecule has 2 unspecified atom stereocenters. The van der Waals surface area contributed by atoms with Crippen LogP contribution in [0.4, 0.5) is 11.4 Å². The molecule has 0 aliphatic carbocycles. The zero-order valence-electron chi connectivity index (χ0n) is 15.2. The fourth-order valence-electron chi connectivity index (χ4n) is 2.85. The largest absolute Gasteiger partial charge is 0.343 e. The fraction of sp³-hybridized carbons (Fsp3) is 0.471. The van der Waals surface area contributed by atoms with Crippen LogP contribution >= 0.6 is 0 Å². The van der Waals surface area contributed by atoms with Gasteiger partial charge in [-0.25, -0.2) is 0 Å². The maximum Gasteiger partial charge on any atom is 0.269 e. The Labute approximate surface area is 156 Å². The molecule has 1 aliphatic heterocycles. The molecule has 0 aromatic heterocycles. The van der Waals surface area contributed by atoms with E-state index in [0.717, 1.165) is 0 Å². The van der Waals surface area contributed by atoms with Gasteiger partial charge in [0.25, 0.3) is 5.69 Å². The molecule has 0 spiro atoms. The third kappa shape index (κ3) is 5.00. The van der Waals surface area contributed by atoms with Gasteiger partial charge >= 0.3 is 0 Å². The lowest BCUT2D eigenvalue weighted by Crippen LogP contribution is -2.53. The van der Waals surface area contributed by atoms with Crippen LogP contribution in [0.2, 0.25) is 0 Å². The lowest BCUT2D eigenvalue weighted by Gasteiger charge is -2.27. The van der Waals surface area contributed by atoms with Gasteiger partial charge in [-0.3, -0.25) is 24.5 Å². The van der Waals surface area contributed by atoms with Crippen LogP contribution in [0.25, 0.3) is 0 Å². The first-order chi connectivity index (χ1) is 12.7. The number of anilines is 1. The maximum absolute atomic E-state index is 12.6. The molecule has 2 rings (SSSR count). The van der Waals surface area contributed by atoms with Crippen molar-refractivity contribution in [3.8, 4) is 0 Å². The number of hydrogen-bond acceptors (Lipinski definition) is 6. The lowest BCUT2D eigenvalue weighted by molar-refractivity contribution is -0.384. The summed E-state index contributed by atoms with van der Waals surface area (Å²) in [5.41, 5.74) is 5.81. The monoisotopic (exact) mass is 377 g/mol. The minimum atomic E-state index is -0.795. The van der Waals surface area contributed by atoms with Crippen molar-refractivity contribution in [2.24, 2.45) is 5.73 Å². The van der Waals surface area contributed by atoms with E-state index in [4.69, 9.17) is 5.73 Å². The Bertz CT molecular complexity index is 734. The predicted molar refractivity (Wildman–Crippen MR) is 97.7 cm³/mol. The molecule has 1 heterocycles. The fourth-order valence-corrected chi connectivity index (χ4v) is 2.85. The molecule has 0 radical (unpaired) electrons. The van der Waals surface area contributed by atoms with Crippen molar-refractivity contribution in [1.82, 2.24) is 10.2 Å². The molecule has 1 aromatic rings. The highest BCUT2D eigenvalue weighted by Gasteiger charge is 2.36. The third-order valence-corrected chi connectivity index (χ3v) is 4.33. The van der Waals surface area contributed by atoms with Crippen molar-refractivity contribution in [1.29, 1.82) is 0 Å². The Balaban J connectivity index is 2.01. The van der Waals surface area contributed by atoms with Gasteiger partial charge in [0, 0.05) is 24.4 Å². The number of likely N-dealkylation sites (tertiary alicyclic amines) is 1. The lowest BCUT2D eigenvalue weighted by atomic mass is 10.1. The minimum Gasteiger partial charge on any atom is -0.343 e. The van der Waals surface area contributed by atoms with Crippen LogP contribution in [-0.4, -0.2) is 52.2 Å². The number of rotatable bonds is 6. The molecule has 1 fully saturated rings. The van der Waals surface area contributed by atoms with Crippen LogP contribution in [0.15, 0.2) is 24.3 Å².